The molecule has 3 nitrogen and oxygen atoms in total. The highest BCUT2D eigenvalue weighted by Crippen LogP contribution is 2.36. The predicted octanol–water partition coefficient (Wildman–Crippen LogP) is 0.989. The Morgan fingerprint density at radius 2 is 1.60 bits per heavy atom. The molecular weight excluding hydrogens is 183 g/mol. The molecule has 1 saturated heterocycles. The van der Waals surface area contributed by atoms with E-state index in [0.717, 1.165) is 12.1 Å². The van der Waals surface area contributed by atoms with Crippen LogP contribution in [-0.2, 0) is 13.0 Å². The van der Waals surface area contributed by atoms with Crippen LogP contribution in [0.3, 0.4) is 0 Å². The maximum atomic E-state index is 10.8. The molecule has 0 aromatic carbocycles. The molecule has 60 valence electrons. The summed E-state index contributed by atoms with van der Waals surface area (Å²) in [4.78, 5) is 0. The summed E-state index contributed by atoms with van der Waals surface area (Å²) >= 11 is 0. The van der Waals surface area contributed by atoms with E-state index < -0.39 is 25.4 Å². The second-order valence-electron chi connectivity index (χ2n) is 2.38. The van der Waals surface area contributed by atoms with Crippen molar-refractivity contribution in [1.82, 2.24) is 0 Å². The van der Waals surface area contributed by atoms with E-state index in [-0.39, 0.29) is 0 Å². The third-order valence-electron chi connectivity index (χ3n) is 1.71. The van der Waals surface area contributed by atoms with Crippen LogP contribution in [0.2, 0.25) is 12.1 Å². The van der Waals surface area contributed by atoms with Gasteiger partial charge in [-0.1, -0.05) is 13.8 Å². The minimum atomic E-state index is -2.00. The van der Waals surface area contributed by atoms with Gasteiger partial charge in [-0.3, -0.25) is 4.57 Å². The second-order valence-corrected chi connectivity index (χ2v) is 13.0. The maximum absolute atomic E-state index is 10.8. The van der Waals surface area contributed by atoms with Crippen LogP contribution in [0.15, 0.2) is 0 Å². The van der Waals surface area contributed by atoms with E-state index in [2.05, 4.69) is 13.8 Å². The van der Waals surface area contributed by atoms with Gasteiger partial charge in [0.25, 0.3) is 8.25 Å². The molecule has 0 radical (unpaired) electrons. The molecule has 2 atom stereocenters. The fourth-order valence-electron chi connectivity index (χ4n) is 1.12. The summed E-state index contributed by atoms with van der Waals surface area (Å²) < 4.78 is 21.3. The normalized spacial score (nSPS) is 40.4. The van der Waals surface area contributed by atoms with Crippen molar-refractivity contribution in [2.75, 3.05) is 0 Å². The van der Waals surface area contributed by atoms with Crippen LogP contribution < -0.4 is 0 Å². The maximum Gasteiger partial charge on any atom is 0.298 e. The molecule has 1 heterocycles. The van der Waals surface area contributed by atoms with E-state index in [1.165, 1.54) is 0 Å². The van der Waals surface area contributed by atoms with Gasteiger partial charge < -0.3 is 8.43 Å². The Bertz CT molecular complexity index is 128. The fraction of sp³-hybridized carbons (Fsp3) is 1.00. The minimum absolute atomic E-state index is 1.08. The van der Waals surface area contributed by atoms with Crippen molar-refractivity contribution in [3.63, 3.8) is 0 Å². The Balaban J connectivity index is 2.48. The van der Waals surface area contributed by atoms with Gasteiger partial charge in [0.15, 0.2) is 0 Å². The van der Waals surface area contributed by atoms with Crippen molar-refractivity contribution < 1.29 is 13.0 Å². The number of rotatable bonds is 2. The van der Waals surface area contributed by atoms with Crippen molar-refractivity contribution in [3.05, 3.63) is 0 Å². The van der Waals surface area contributed by atoms with Gasteiger partial charge >= 0.3 is 0 Å². The van der Waals surface area contributed by atoms with Crippen molar-refractivity contribution in [1.29, 1.82) is 0 Å². The van der Waals surface area contributed by atoms with Crippen LogP contribution in [0.5, 0.6) is 0 Å². The third kappa shape index (κ3) is 1.80. The summed E-state index contributed by atoms with van der Waals surface area (Å²) in [6.07, 6.45) is 0. The lowest BCUT2D eigenvalue weighted by Crippen LogP contribution is -2.30. The lowest BCUT2D eigenvalue weighted by Gasteiger charge is -2.05. The molecule has 0 N–H and O–H groups in total. The zero-order chi connectivity index (χ0) is 7.56. The monoisotopic (exact) mass is 196 g/mol. The average Bonchev–Trinajstić information content (AvgIpc) is 2.30. The van der Waals surface area contributed by atoms with Gasteiger partial charge in [0.05, 0.1) is 0 Å². The summed E-state index contributed by atoms with van der Waals surface area (Å²) in [5.41, 5.74) is 0. The van der Waals surface area contributed by atoms with Gasteiger partial charge in [0.1, 0.15) is 0 Å². The van der Waals surface area contributed by atoms with Crippen LogP contribution in [0.25, 0.3) is 0 Å². The van der Waals surface area contributed by atoms with Crippen molar-refractivity contribution >= 4 is 25.4 Å². The first kappa shape index (κ1) is 8.68. The largest absolute Gasteiger partial charge is 0.358 e. The Morgan fingerprint density at radius 3 is 1.90 bits per heavy atom. The molecule has 0 bridgehead atoms. The van der Waals surface area contributed by atoms with Crippen molar-refractivity contribution in [2.24, 2.45) is 0 Å². The summed E-state index contributed by atoms with van der Waals surface area (Å²) in [5, 5.41) is 0. The molecule has 0 aliphatic carbocycles. The summed E-state index contributed by atoms with van der Waals surface area (Å²) in [7, 11) is -4.17. The Labute approximate surface area is 64.9 Å². The first-order chi connectivity index (χ1) is 4.77. The Hall–Kier alpha value is 0.584. The van der Waals surface area contributed by atoms with Gasteiger partial charge in [0, 0.05) is 0 Å². The minimum Gasteiger partial charge on any atom is -0.358 e. The molecule has 0 amide bonds. The zero-order valence-corrected chi connectivity index (χ0v) is 9.60. The number of hydrogen-bond donors (Lipinski definition) is 0. The molecule has 1 rings (SSSR count). The van der Waals surface area contributed by atoms with Crippen LogP contribution in [0, 0.1) is 0 Å². The lowest BCUT2D eigenvalue weighted by molar-refractivity contribution is 0.452. The number of hydrogen-bond acceptors (Lipinski definition) is 3. The van der Waals surface area contributed by atoms with Crippen LogP contribution in [0.1, 0.15) is 13.8 Å². The summed E-state index contributed by atoms with van der Waals surface area (Å²) in [6, 6.07) is 2.17. The van der Waals surface area contributed by atoms with E-state index in [0.29, 0.717) is 0 Å². The highest BCUT2D eigenvalue weighted by molar-refractivity contribution is 7.46. The van der Waals surface area contributed by atoms with Crippen molar-refractivity contribution in [2.45, 2.75) is 25.9 Å². The van der Waals surface area contributed by atoms with Gasteiger partial charge in [-0.25, -0.2) is 0 Å². The molecule has 1 aliphatic heterocycles. The Kier molecular flexibility index (Phi) is 3.32. The standard InChI is InChI=1S/C4H13O3PSi2/c1-3-9-6-8(5)7-10(9)4-2/h8-10H,3-4H2,1-2H3. The Morgan fingerprint density at radius 1 is 1.20 bits per heavy atom. The van der Waals surface area contributed by atoms with Gasteiger partial charge in [-0.15, -0.1) is 0 Å². The quantitative estimate of drug-likeness (QED) is 0.488. The van der Waals surface area contributed by atoms with E-state index in [1.807, 2.05) is 0 Å². The van der Waals surface area contributed by atoms with Crippen molar-refractivity contribution in [3.8, 4) is 0 Å². The molecule has 1 aliphatic rings. The average molecular weight is 196 g/mol. The molecule has 0 spiro atoms. The van der Waals surface area contributed by atoms with Gasteiger partial charge in [-0.05, 0) is 12.1 Å². The van der Waals surface area contributed by atoms with E-state index in [4.69, 9.17) is 8.43 Å². The molecule has 10 heavy (non-hydrogen) atoms. The second kappa shape index (κ2) is 3.83. The highest BCUT2D eigenvalue weighted by Gasteiger charge is 2.34. The summed E-state index contributed by atoms with van der Waals surface area (Å²) in [6.45, 7) is 4.22. The molecule has 0 aromatic heterocycles. The molecule has 6 heteroatoms. The van der Waals surface area contributed by atoms with Crippen LogP contribution in [0.4, 0.5) is 0 Å². The zero-order valence-electron chi connectivity index (χ0n) is 6.29. The van der Waals surface area contributed by atoms with E-state index >= 15 is 0 Å². The molecule has 0 saturated carbocycles. The topological polar surface area (TPSA) is 35.5 Å². The van der Waals surface area contributed by atoms with E-state index in [1.54, 1.807) is 0 Å². The molecule has 2 unspecified atom stereocenters. The van der Waals surface area contributed by atoms with Crippen LogP contribution in [-0.4, -0.2) is 17.1 Å². The molecular formula is C4H13O3PSi2. The smallest absolute Gasteiger partial charge is 0.298 e. The highest BCUT2D eigenvalue weighted by atomic mass is 31.1. The lowest BCUT2D eigenvalue weighted by atomic mass is 11.0. The first-order valence-electron chi connectivity index (χ1n) is 3.65. The predicted molar refractivity (Wildman–Crippen MR) is 46.4 cm³/mol. The third-order valence-corrected chi connectivity index (χ3v) is 15.9. The van der Waals surface area contributed by atoms with E-state index in [9.17, 15) is 4.57 Å². The fourth-order valence-corrected chi connectivity index (χ4v) is 15.3. The SMILES string of the molecule is CC[SiH]1O[PH](=O)O[SiH]1CC. The van der Waals surface area contributed by atoms with Crippen LogP contribution >= 0.6 is 8.25 Å². The van der Waals surface area contributed by atoms with Gasteiger partial charge in [0.2, 0.25) is 17.1 Å². The van der Waals surface area contributed by atoms with Gasteiger partial charge in [-0.2, -0.15) is 0 Å². The molecule has 1 fully saturated rings. The summed E-state index contributed by atoms with van der Waals surface area (Å²) in [5.74, 6) is 0. The molecule has 0 aromatic rings. The first-order valence-corrected chi connectivity index (χ1v) is 10.1.